The highest BCUT2D eigenvalue weighted by Gasteiger charge is 2.15. The minimum Gasteiger partial charge on any atom is -0.506 e. The van der Waals surface area contributed by atoms with Crippen molar-refractivity contribution >= 4 is 18.0 Å². The largest absolute Gasteiger partial charge is 0.506 e. The van der Waals surface area contributed by atoms with E-state index in [1.54, 1.807) is 0 Å². The summed E-state index contributed by atoms with van der Waals surface area (Å²) in [4.78, 5) is 6.28. The summed E-state index contributed by atoms with van der Waals surface area (Å²) >= 11 is 0. The van der Waals surface area contributed by atoms with Crippen LogP contribution >= 0.6 is 12.4 Å². The van der Waals surface area contributed by atoms with Gasteiger partial charge in [-0.15, -0.1) is 12.4 Å². The number of aromatic hydroxyl groups is 1. The monoisotopic (exact) mass is 268 g/mol. The fourth-order valence-corrected chi connectivity index (χ4v) is 2.47. The standard InChI is InChI=1S/C14H20N2O.ClH/c1-16(2)10-11-5-3-4-6-14(11)12-7-13(17)9-15-8-12;/h7-9,17H,3-6,10H2,1-2H3;1H. The molecule has 0 bridgehead atoms. The Bertz CT molecular complexity index is 430. The minimum absolute atomic E-state index is 0. The van der Waals surface area contributed by atoms with E-state index >= 15 is 0 Å². The summed E-state index contributed by atoms with van der Waals surface area (Å²) in [5.41, 5.74) is 3.96. The second kappa shape index (κ2) is 6.76. The van der Waals surface area contributed by atoms with Crippen molar-refractivity contribution in [1.29, 1.82) is 0 Å². The first-order valence-corrected chi connectivity index (χ1v) is 6.17. The quantitative estimate of drug-likeness (QED) is 0.915. The second-order valence-electron chi connectivity index (χ2n) is 4.96. The lowest BCUT2D eigenvalue weighted by atomic mass is 9.87. The lowest BCUT2D eigenvalue weighted by Crippen LogP contribution is -2.17. The zero-order valence-electron chi connectivity index (χ0n) is 11.0. The van der Waals surface area contributed by atoms with E-state index in [4.69, 9.17) is 0 Å². The van der Waals surface area contributed by atoms with Crippen LogP contribution in [-0.2, 0) is 0 Å². The molecule has 0 radical (unpaired) electrons. The van der Waals surface area contributed by atoms with Gasteiger partial charge >= 0.3 is 0 Å². The van der Waals surface area contributed by atoms with Gasteiger partial charge in [0.1, 0.15) is 5.75 Å². The number of halogens is 1. The molecule has 100 valence electrons. The lowest BCUT2D eigenvalue weighted by Gasteiger charge is -2.23. The average molecular weight is 269 g/mol. The minimum atomic E-state index is 0. The van der Waals surface area contributed by atoms with Gasteiger partial charge in [-0.3, -0.25) is 4.98 Å². The Morgan fingerprint density at radius 3 is 2.61 bits per heavy atom. The maximum Gasteiger partial charge on any atom is 0.134 e. The maximum absolute atomic E-state index is 9.52. The van der Waals surface area contributed by atoms with E-state index in [-0.39, 0.29) is 18.2 Å². The van der Waals surface area contributed by atoms with Gasteiger partial charge in [0.2, 0.25) is 0 Å². The smallest absolute Gasteiger partial charge is 0.134 e. The molecule has 1 aliphatic carbocycles. The zero-order valence-corrected chi connectivity index (χ0v) is 11.8. The molecule has 18 heavy (non-hydrogen) atoms. The SMILES string of the molecule is CN(C)CC1=C(c2cncc(O)c2)CCCC1.Cl. The summed E-state index contributed by atoms with van der Waals surface area (Å²) < 4.78 is 0. The van der Waals surface area contributed by atoms with Gasteiger partial charge in [0.05, 0.1) is 6.20 Å². The summed E-state index contributed by atoms with van der Waals surface area (Å²) in [5.74, 6) is 0.254. The predicted octanol–water partition coefficient (Wildman–Crippen LogP) is 3.10. The van der Waals surface area contributed by atoms with E-state index < -0.39 is 0 Å². The Balaban J connectivity index is 0.00000162. The third-order valence-corrected chi connectivity index (χ3v) is 3.16. The van der Waals surface area contributed by atoms with Crippen LogP contribution < -0.4 is 0 Å². The number of hydrogen-bond donors (Lipinski definition) is 1. The second-order valence-corrected chi connectivity index (χ2v) is 4.96. The van der Waals surface area contributed by atoms with E-state index in [2.05, 4.69) is 24.0 Å². The fourth-order valence-electron chi connectivity index (χ4n) is 2.47. The molecule has 0 spiro atoms. The van der Waals surface area contributed by atoms with Gasteiger partial charge in [-0.25, -0.2) is 0 Å². The van der Waals surface area contributed by atoms with Gasteiger partial charge in [-0.05, 0) is 57.0 Å². The molecule has 0 amide bonds. The van der Waals surface area contributed by atoms with Crippen LogP contribution in [0.5, 0.6) is 5.75 Å². The average Bonchev–Trinajstić information content (AvgIpc) is 2.29. The van der Waals surface area contributed by atoms with Gasteiger partial charge in [-0.1, -0.05) is 5.57 Å². The van der Waals surface area contributed by atoms with Crippen molar-refractivity contribution in [3.63, 3.8) is 0 Å². The van der Waals surface area contributed by atoms with Crippen LogP contribution in [0.3, 0.4) is 0 Å². The molecule has 1 aromatic heterocycles. The van der Waals surface area contributed by atoms with Crippen molar-refractivity contribution in [2.75, 3.05) is 20.6 Å². The summed E-state index contributed by atoms with van der Waals surface area (Å²) in [5, 5.41) is 9.52. The van der Waals surface area contributed by atoms with E-state index in [9.17, 15) is 5.11 Å². The molecule has 0 atom stereocenters. The first-order chi connectivity index (χ1) is 8.16. The Kier molecular flexibility index (Phi) is 5.63. The summed E-state index contributed by atoms with van der Waals surface area (Å²) in [6.07, 6.45) is 8.13. The Labute approximate surface area is 115 Å². The molecule has 3 nitrogen and oxygen atoms in total. The normalized spacial score (nSPS) is 15.7. The van der Waals surface area contributed by atoms with Crippen molar-refractivity contribution in [3.05, 3.63) is 29.6 Å². The van der Waals surface area contributed by atoms with Crippen LogP contribution in [0, 0.1) is 0 Å². The number of pyridine rings is 1. The molecular formula is C14H21ClN2O. The highest BCUT2D eigenvalue weighted by atomic mass is 35.5. The van der Waals surface area contributed by atoms with Crippen LogP contribution in [0.1, 0.15) is 31.2 Å². The molecule has 1 heterocycles. The van der Waals surface area contributed by atoms with Crippen molar-refractivity contribution in [1.82, 2.24) is 9.88 Å². The van der Waals surface area contributed by atoms with Gasteiger partial charge < -0.3 is 10.0 Å². The van der Waals surface area contributed by atoms with Gasteiger partial charge in [0.25, 0.3) is 0 Å². The van der Waals surface area contributed by atoms with Crippen LogP contribution in [0.25, 0.3) is 5.57 Å². The van der Waals surface area contributed by atoms with E-state index in [0.29, 0.717) is 0 Å². The molecule has 1 N–H and O–H groups in total. The number of allylic oxidation sites excluding steroid dienone is 1. The first-order valence-electron chi connectivity index (χ1n) is 6.17. The van der Waals surface area contributed by atoms with Crippen molar-refractivity contribution < 1.29 is 5.11 Å². The first kappa shape index (κ1) is 15.0. The van der Waals surface area contributed by atoms with E-state index in [1.807, 2.05) is 12.3 Å². The van der Waals surface area contributed by atoms with Crippen LogP contribution in [0.4, 0.5) is 0 Å². The molecule has 0 saturated carbocycles. The Hall–Kier alpha value is -1.06. The molecule has 0 fully saturated rings. The summed E-state index contributed by atoms with van der Waals surface area (Å²) in [6.45, 7) is 1.00. The molecule has 0 saturated heterocycles. The molecule has 1 aromatic rings. The molecule has 2 rings (SSSR count). The van der Waals surface area contributed by atoms with Gasteiger partial charge in [-0.2, -0.15) is 0 Å². The zero-order chi connectivity index (χ0) is 12.3. The Morgan fingerprint density at radius 1 is 1.22 bits per heavy atom. The molecule has 1 aliphatic rings. The molecule has 4 heteroatoms. The van der Waals surface area contributed by atoms with Crippen molar-refractivity contribution in [2.24, 2.45) is 0 Å². The van der Waals surface area contributed by atoms with Crippen LogP contribution in [0.15, 0.2) is 24.0 Å². The highest BCUT2D eigenvalue weighted by molar-refractivity contribution is 5.85. The summed E-state index contributed by atoms with van der Waals surface area (Å²) in [6, 6.07) is 1.82. The molecule has 0 unspecified atom stereocenters. The number of nitrogens with zero attached hydrogens (tertiary/aromatic N) is 2. The van der Waals surface area contributed by atoms with Crippen LogP contribution in [0.2, 0.25) is 0 Å². The third kappa shape index (κ3) is 3.72. The fraction of sp³-hybridized carbons (Fsp3) is 0.500. The van der Waals surface area contributed by atoms with Crippen molar-refractivity contribution in [3.8, 4) is 5.75 Å². The highest BCUT2D eigenvalue weighted by Crippen LogP contribution is 2.33. The summed E-state index contributed by atoms with van der Waals surface area (Å²) in [7, 11) is 4.19. The van der Waals surface area contributed by atoms with E-state index in [0.717, 1.165) is 18.5 Å². The van der Waals surface area contributed by atoms with Gasteiger partial charge in [0, 0.05) is 12.7 Å². The van der Waals surface area contributed by atoms with Crippen molar-refractivity contribution in [2.45, 2.75) is 25.7 Å². The number of aromatic nitrogens is 1. The molecular weight excluding hydrogens is 248 g/mol. The number of rotatable bonds is 3. The Morgan fingerprint density at radius 2 is 1.94 bits per heavy atom. The maximum atomic E-state index is 9.52. The topological polar surface area (TPSA) is 36.4 Å². The number of hydrogen-bond acceptors (Lipinski definition) is 3. The molecule has 0 aliphatic heterocycles. The van der Waals surface area contributed by atoms with Crippen LogP contribution in [-0.4, -0.2) is 35.6 Å². The van der Waals surface area contributed by atoms with E-state index in [1.165, 1.54) is 36.6 Å². The van der Waals surface area contributed by atoms with Gasteiger partial charge in [0.15, 0.2) is 0 Å². The lowest BCUT2D eigenvalue weighted by molar-refractivity contribution is 0.434. The molecule has 0 aromatic carbocycles. The third-order valence-electron chi connectivity index (χ3n) is 3.16. The number of likely N-dealkylation sites (N-methyl/N-ethyl adjacent to an activating group) is 1. The predicted molar refractivity (Wildman–Crippen MR) is 77.1 cm³/mol.